The normalized spacial score (nSPS) is 34.2. The zero-order chi connectivity index (χ0) is 12.3. The Kier molecular flexibility index (Phi) is 4.83. The maximum Gasteiger partial charge on any atom is 0.0220 e. The fourth-order valence-electron chi connectivity index (χ4n) is 3.38. The van der Waals surface area contributed by atoms with Gasteiger partial charge in [-0.05, 0) is 65.3 Å². The van der Waals surface area contributed by atoms with Crippen LogP contribution in [0.1, 0.15) is 32.6 Å². The molecule has 0 radical (unpaired) electrons. The van der Waals surface area contributed by atoms with E-state index in [9.17, 15) is 0 Å². The van der Waals surface area contributed by atoms with Crippen molar-refractivity contribution in [2.24, 2.45) is 5.92 Å². The number of likely N-dealkylation sites (N-methyl/N-ethyl adjacent to an activating group) is 2. The highest BCUT2D eigenvalue weighted by Crippen LogP contribution is 2.31. The minimum Gasteiger partial charge on any atom is -0.317 e. The molecule has 0 aromatic carbocycles. The van der Waals surface area contributed by atoms with Gasteiger partial charge in [-0.3, -0.25) is 0 Å². The monoisotopic (exact) mass is 239 g/mol. The first-order valence-electron chi connectivity index (χ1n) is 7.33. The lowest BCUT2D eigenvalue weighted by Gasteiger charge is -2.44. The topological polar surface area (TPSA) is 18.5 Å². The standard InChI is InChI=1S/C14H29N3/c1-4-15-10-12-7-8-14(12)17(3)11-13-6-5-9-16(13)2/h12-15H,4-11H2,1-3H3. The van der Waals surface area contributed by atoms with E-state index >= 15 is 0 Å². The Labute approximate surface area is 107 Å². The van der Waals surface area contributed by atoms with E-state index in [1.807, 2.05) is 0 Å². The molecule has 1 aliphatic heterocycles. The van der Waals surface area contributed by atoms with Gasteiger partial charge in [-0.25, -0.2) is 0 Å². The van der Waals surface area contributed by atoms with Crippen molar-refractivity contribution < 1.29 is 0 Å². The third kappa shape index (κ3) is 3.21. The first-order chi connectivity index (χ1) is 8.22. The summed E-state index contributed by atoms with van der Waals surface area (Å²) in [4.78, 5) is 5.16. The average molecular weight is 239 g/mol. The van der Waals surface area contributed by atoms with Crippen molar-refractivity contribution in [3.63, 3.8) is 0 Å². The zero-order valence-corrected chi connectivity index (χ0v) is 11.8. The molecule has 1 N–H and O–H groups in total. The Bertz CT molecular complexity index is 232. The molecule has 0 bridgehead atoms. The summed E-state index contributed by atoms with van der Waals surface area (Å²) >= 11 is 0. The molecule has 3 heteroatoms. The maximum atomic E-state index is 3.50. The summed E-state index contributed by atoms with van der Waals surface area (Å²) in [6.07, 6.45) is 5.61. The molecule has 100 valence electrons. The molecule has 0 amide bonds. The van der Waals surface area contributed by atoms with Gasteiger partial charge in [0.2, 0.25) is 0 Å². The predicted molar refractivity (Wildman–Crippen MR) is 73.3 cm³/mol. The van der Waals surface area contributed by atoms with Crippen LogP contribution in [0.3, 0.4) is 0 Å². The smallest absolute Gasteiger partial charge is 0.0220 e. The van der Waals surface area contributed by atoms with Gasteiger partial charge in [-0.1, -0.05) is 6.92 Å². The summed E-state index contributed by atoms with van der Waals surface area (Å²) < 4.78 is 0. The van der Waals surface area contributed by atoms with Gasteiger partial charge >= 0.3 is 0 Å². The third-order valence-corrected chi connectivity index (χ3v) is 4.77. The molecular formula is C14H29N3. The maximum absolute atomic E-state index is 3.50. The molecular weight excluding hydrogens is 210 g/mol. The van der Waals surface area contributed by atoms with E-state index in [4.69, 9.17) is 0 Å². The fourth-order valence-corrected chi connectivity index (χ4v) is 3.38. The van der Waals surface area contributed by atoms with Gasteiger partial charge in [0.1, 0.15) is 0 Å². The van der Waals surface area contributed by atoms with Crippen LogP contribution in [0.15, 0.2) is 0 Å². The van der Waals surface area contributed by atoms with Crippen LogP contribution in [0.2, 0.25) is 0 Å². The van der Waals surface area contributed by atoms with Crippen molar-refractivity contribution in [3.05, 3.63) is 0 Å². The van der Waals surface area contributed by atoms with Gasteiger partial charge in [-0.15, -0.1) is 0 Å². The Hall–Kier alpha value is -0.120. The van der Waals surface area contributed by atoms with Crippen LogP contribution >= 0.6 is 0 Å². The van der Waals surface area contributed by atoms with E-state index in [0.29, 0.717) is 0 Å². The van der Waals surface area contributed by atoms with Gasteiger partial charge in [0.05, 0.1) is 0 Å². The van der Waals surface area contributed by atoms with Gasteiger partial charge in [0, 0.05) is 18.6 Å². The molecule has 2 fully saturated rings. The molecule has 1 saturated carbocycles. The van der Waals surface area contributed by atoms with Crippen LogP contribution in [0.25, 0.3) is 0 Å². The van der Waals surface area contributed by atoms with Gasteiger partial charge in [0.25, 0.3) is 0 Å². The van der Waals surface area contributed by atoms with E-state index in [1.54, 1.807) is 0 Å². The molecule has 17 heavy (non-hydrogen) atoms. The van der Waals surface area contributed by atoms with Crippen LogP contribution in [0, 0.1) is 5.92 Å². The average Bonchev–Trinajstić information content (AvgIpc) is 2.63. The molecule has 1 aliphatic carbocycles. The first kappa shape index (κ1) is 13.3. The second kappa shape index (κ2) is 6.17. The summed E-state index contributed by atoms with van der Waals surface area (Å²) in [5.74, 6) is 0.895. The van der Waals surface area contributed by atoms with Crippen LogP contribution in [0.4, 0.5) is 0 Å². The van der Waals surface area contributed by atoms with Crippen LogP contribution in [-0.4, -0.2) is 62.2 Å². The summed E-state index contributed by atoms with van der Waals surface area (Å²) in [5, 5.41) is 3.50. The highest BCUT2D eigenvalue weighted by molar-refractivity contribution is 4.91. The van der Waals surface area contributed by atoms with E-state index in [1.165, 1.54) is 45.3 Å². The molecule has 2 aliphatic rings. The van der Waals surface area contributed by atoms with Crippen molar-refractivity contribution in [1.82, 2.24) is 15.1 Å². The third-order valence-electron chi connectivity index (χ3n) is 4.77. The number of nitrogens with zero attached hydrogens (tertiary/aromatic N) is 2. The lowest BCUT2D eigenvalue weighted by atomic mass is 9.78. The predicted octanol–water partition coefficient (Wildman–Crippen LogP) is 1.40. The van der Waals surface area contributed by atoms with E-state index in [2.05, 4.69) is 36.1 Å². The first-order valence-corrected chi connectivity index (χ1v) is 7.33. The Morgan fingerprint density at radius 1 is 1.29 bits per heavy atom. The van der Waals surface area contributed by atoms with Gasteiger partial charge < -0.3 is 15.1 Å². The Balaban J connectivity index is 1.73. The SMILES string of the molecule is CCNCC1CCC1N(C)CC1CCCN1C. The fraction of sp³-hybridized carbons (Fsp3) is 1.00. The van der Waals surface area contributed by atoms with Gasteiger partial charge in [-0.2, -0.15) is 0 Å². The molecule has 1 saturated heterocycles. The number of nitrogens with one attached hydrogen (secondary N) is 1. The molecule has 3 unspecified atom stereocenters. The summed E-state index contributed by atoms with van der Waals surface area (Å²) in [7, 11) is 4.61. The van der Waals surface area contributed by atoms with Crippen molar-refractivity contribution in [3.8, 4) is 0 Å². The number of hydrogen-bond donors (Lipinski definition) is 1. The lowest BCUT2D eigenvalue weighted by molar-refractivity contribution is 0.0661. The van der Waals surface area contributed by atoms with Gasteiger partial charge in [0.15, 0.2) is 0 Å². The lowest BCUT2D eigenvalue weighted by Crippen LogP contribution is -2.51. The van der Waals surface area contributed by atoms with E-state index in [-0.39, 0.29) is 0 Å². The molecule has 0 spiro atoms. The summed E-state index contributed by atoms with van der Waals surface area (Å²) in [6.45, 7) is 7.09. The highest BCUT2D eigenvalue weighted by Gasteiger charge is 2.35. The summed E-state index contributed by atoms with van der Waals surface area (Å²) in [6, 6.07) is 1.64. The number of rotatable bonds is 6. The molecule has 0 aromatic heterocycles. The van der Waals surface area contributed by atoms with Crippen molar-refractivity contribution in [1.29, 1.82) is 0 Å². The van der Waals surface area contributed by atoms with E-state index < -0.39 is 0 Å². The molecule has 2 rings (SSSR count). The second-order valence-electron chi connectivity index (χ2n) is 5.93. The molecule has 3 nitrogen and oxygen atoms in total. The second-order valence-corrected chi connectivity index (χ2v) is 5.93. The van der Waals surface area contributed by atoms with Crippen LogP contribution in [0.5, 0.6) is 0 Å². The Morgan fingerprint density at radius 3 is 2.65 bits per heavy atom. The molecule has 1 heterocycles. The largest absolute Gasteiger partial charge is 0.317 e. The minimum absolute atomic E-state index is 0.806. The summed E-state index contributed by atoms with van der Waals surface area (Å²) in [5.41, 5.74) is 0. The highest BCUT2D eigenvalue weighted by atomic mass is 15.2. The quantitative estimate of drug-likeness (QED) is 0.756. The van der Waals surface area contributed by atoms with Crippen LogP contribution in [-0.2, 0) is 0 Å². The zero-order valence-electron chi connectivity index (χ0n) is 11.8. The van der Waals surface area contributed by atoms with Crippen molar-refractivity contribution in [2.75, 3.05) is 40.3 Å². The van der Waals surface area contributed by atoms with Crippen LogP contribution < -0.4 is 5.32 Å². The van der Waals surface area contributed by atoms with Crippen molar-refractivity contribution in [2.45, 2.75) is 44.7 Å². The molecule has 3 atom stereocenters. The Morgan fingerprint density at radius 2 is 2.12 bits per heavy atom. The van der Waals surface area contributed by atoms with E-state index in [0.717, 1.165) is 24.5 Å². The number of likely N-dealkylation sites (tertiary alicyclic amines) is 1. The van der Waals surface area contributed by atoms with Crippen molar-refractivity contribution >= 4 is 0 Å². The molecule has 0 aromatic rings. The number of hydrogen-bond acceptors (Lipinski definition) is 3. The minimum atomic E-state index is 0.806.